The second-order valence-corrected chi connectivity index (χ2v) is 7.39. The van der Waals surface area contributed by atoms with Crippen LogP contribution in [0.25, 0.3) is 0 Å². The van der Waals surface area contributed by atoms with Crippen molar-refractivity contribution in [3.05, 3.63) is 18.2 Å². The lowest BCUT2D eigenvalue weighted by molar-refractivity contribution is 0.0802. The highest BCUT2D eigenvalue weighted by Crippen LogP contribution is 2.32. The van der Waals surface area contributed by atoms with Gasteiger partial charge in [0.2, 0.25) is 0 Å². The molecular weight excluding hydrogens is 444 g/mol. The molecule has 0 bridgehead atoms. The fraction of sp³-hybridized carbons (Fsp3) is 0.545. The zero-order valence-electron chi connectivity index (χ0n) is 19.7. The Labute approximate surface area is 200 Å². The van der Waals surface area contributed by atoms with Gasteiger partial charge in [0, 0.05) is 0 Å². The van der Waals surface area contributed by atoms with E-state index in [1.54, 1.807) is 18.2 Å². The van der Waals surface area contributed by atoms with Gasteiger partial charge in [-0.2, -0.15) is 0 Å². The van der Waals surface area contributed by atoms with Crippen LogP contribution in [-0.4, -0.2) is 41.0 Å². The Morgan fingerprint density at radius 2 is 1.29 bits per heavy atom. The summed E-state index contributed by atoms with van der Waals surface area (Å²) in [5.41, 5.74) is 22.9. The molecule has 10 N–H and O–H groups in total. The standard InChI is InChI=1S/C20H36N6O.C2H2O5/c1-2-3-4-5-6-7-8-9-10-11-14-27-18-13-12-16(25-19(21)22)15-17(18)26-20(23)24;3-1(4)7-2(5)6/h12-13,15H,2-11,14H2,1H3,(H4,21,22,25)(H4,23,24,26);(H,3,4)(H,5,6). The molecule has 0 unspecified atom stereocenters. The van der Waals surface area contributed by atoms with E-state index in [4.69, 9.17) is 37.9 Å². The largest absolute Gasteiger partial charge is 0.516 e. The summed E-state index contributed by atoms with van der Waals surface area (Å²) in [5.74, 6) is 0.555. The molecule has 0 aliphatic carbocycles. The van der Waals surface area contributed by atoms with E-state index in [0.29, 0.717) is 23.7 Å². The van der Waals surface area contributed by atoms with Crippen LogP contribution in [0.5, 0.6) is 5.75 Å². The fourth-order valence-corrected chi connectivity index (χ4v) is 2.92. The first-order valence-electron chi connectivity index (χ1n) is 11.3. The fourth-order valence-electron chi connectivity index (χ4n) is 2.92. The van der Waals surface area contributed by atoms with Gasteiger partial charge in [-0.15, -0.1) is 0 Å². The third-order valence-electron chi connectivity index (χ3n) is 4.38. The van der Waals surface area contributed by atoms with E-state index in [1.165, 1.54) is 57.8 Å². The van der Waals surface area contributed by atoms with Crippen molar-refractivity contribution < 1.29 is 29.3 Å². The topological polar surface area (TPSA) is 222 Å². The number of unbranched alkanes of at least 4 members (excludes halogenated alkanes) is 9. The first-order chi connectivity index (χ1) is 16.1. The molecule has 0 radical (unpaired) electrons. The minimum atomic E-state index is -1.81. The second-order valence-electron chi connectivity index (χ2n) is 7.39. The van der Waals surface area contributed by atoms with Crippen LogP contribution >= 0.6 is 0 Å². The van der Waals surface area contributed by atoms with E-state index in [0.717, 1.165) is 6.42 Å². The lowest BCUT2D eigenvalue weighted by Crippen LogP contribution is -2.22. The first-order valence-corrected chi connectivity index (χ1v) is 11.3. The number of benzene rings is 1. The highest BCUT2D eigenvalue weighted by molar-refractivity contribution is 5.82. The summed E-state index contributed by atoms with van der Waals surface area (Å²) in [6.45, 7) is 2.88. The maximum Gasteiger partial charge on any atom is 0.516 e. The summed E-state index contributed by atoms with van der Waals surface area (Å²) >= 11 is 0. The molecule has 34 heavy (non-hydrogen) atoms. The van der Waals surface area contributed by atoms with Crippen molar-refractivity contribution in [2.45, 2.75) is 71.1 Å². The number of rotatable bonds is 14. The van der Waals surface area contributed by atoms with E-state index >= 15 is 0 Å². The molecule has 12 heteroatoms. The molecule has 0 atom stereocenters. The van der Waals surface area contributed by atoms with Crippen LogP contribution < -0.4 is 27.7 Å². The molecule has 0 saturated carbocycles. The predicted molar refractivity (Wildman–Crippen MR) is 132 cm³/mol. The van der Waals surface area contributed by atoms with Crippen molar-refractivity contribution in [2.24, 2.45) is 32.9 Å². The molecular formula is C22H38N6O6. The molecule has 0 aliphatic heterocycles. The van der Waals surface area contributed by atoms with Crippen LogP contribution in [-0.2, 0) is 4.74 Å². The minimum Gasteiger partial charge on any atom is -0.491 e. The first kappa shape index (κ1) is 30.3. The second kappa shape index (κ2) is 18.8. The average Bonchev–Trinajstić information content (AvgIpc) is 2.72. The number of hydrogen-bond acceptors (Lipinski definition) is 6. The monoisotopic (exact) mass is 482 g/mol. The summed E-state index contributed by atoms with van der Waals surface area (Å²) in [5, 5.41) is 15.0. The van der Waals surface area contributed by atoms with Crippen molar-refractivity contribution >= 4 is 35.6 Å². The number of hydrogen-bond donors (Lipinski definition) is 6. The van der Waals surface area contributed by atoms with E-state index in [1.807, 2.05) is 0 Å². The van der Waals surface area contributed by atoms with Gasteiger partial charge in [0.25, 0.3) is 0 Å². The zero-order chi connectivity index (χ0) is 25.8. The smallest absolute Gasteiger partial charge is 0.491 e. The quantitative estimate of drug-likeness (QED) is 0.0730. The Bertz CT molecular complexity index is 780. The number of carbonyl (C=O) groups is 2. The summed E-state index contributed by atoms with van der Waals surface area (Å²) in [4.78, 5) is 26.5. The van der Waals surface area contributed by atoms with Crippen LogP contribution in [0.3, 0.4) is 0 Å². The van der Waals surface area contributed by atoms with Gasteiger partial charge in [-0.05, 0) is 24.6 Å². The average molecular weight is 483 g/mol. The molecule has 0 aliphatic rings. The van der Waals surface area contributed by atoms with Crippen LogP contribution in [0.4, 0.5) is 21.0 Å². The van der Waals surface area contributed by atoms with Gasteiger partial charge < -0.3 is 42.6 Å². The molecule has 1 aromatic carbocycles. The lowest BCUT2D eigenvalue weighted by Gasteiger charge is -2.10. The number of nitrogens with two attached hydrogens (primary N) is 4. The molecule has 0 fully saturated rings. The van der Waals surface area contributed by atoms with E-state index < -0.39 is 12.3 Å². The maximum absolute atomic E-state index is 9.21. The van der Waals surface area contributed by atoms with E-state index in [9.17, 15) is 9.59 Å². The molecule has 12 nitrogen and oxygen atoms in total. The summed E-state index contributed by atoms with van der Waals surface area (Å²) in [7, 11) is 0. The Kier molecular flexibility index (Phi) is 16.8. The van der Waals surface area contributed by atoms with Crippen LogP contribution in [0.2, 0.25) is 0 Å². The molecule has 1 rings (SSSR count). The molecule has 0 heterocycles. The highest BCUT2D eigenvalue weighted by Gasteiger charge is 2.06. The number of aliphatic imine (C=N–C) groups is 2. The van der Waals surface area contributed by atoms with Crippen LogP contribution in [0, 0.1) is 0 Å². The third-order valence-corrected chi connectivity index (χ3v) is 4.38. The molecule has 0 amide bonds. The van der Waals surface area contributed by atoms with Crippen molar-refractivity contribution in [2.75, 3.05) is 6.61 Å². The molecule has 0 saturated heterocycles. The van der Waals surface area contributed by atoms with Crippen molar-refractivity contribution in [1.82, 2.24) is 0 Å². The van der Waals surface area contributed by atoms with Gasteiger partial charge in [0.05, 0.1) is 12.3 Å². The zero-order valence-corrected chi connectivity index (χ0v) is 19.7. The van der Waals surface area contributed by atoms with Crippen molar-refractivity contribution in [3.63, 3.8) is 0 Å². The normalized spacial score (nSPS) is 9.79. The molecule has 0 spiro atoms. The summed E-state index contributed by atoms with van der Waals surface area (Å²) in [6, 6.07) is 5.23. The minimum absolute atomic E-state index is 0.0234. The highest BCUT2D eigenvalue weighted by atomic mass is 16.7. The maximum atomic E-state index is 9.21. The molecule has 192 valence electrons. The number of carboxylic acid groups (broad SMARTS) is 2. The van der Waals surface area contributed by atoms with Gasteiger partial charge in [0.1, 0.15) is 11.4 Å². The van der Waals surface area contributed by atoms with E-state index in [-0.39, 0.29) is 11.9 Å². The Morgan fingerprint density at radius 3 is 1.74 bits per heavy atom. The van der Waals surface area contributed by atoms with Gasteiger partial charge in [-0.3, -0.25) is 0 Å². The van der Waals surface area contributed by atoms with Crippen molar-refractivity contribution in [3.8, 4) is 5.75 Å². The Hall–Kier alpha value is -3.70. The number of ether oxygens (including phenoxy) is 2. The van der Waals surface area contributed by atoms with Gasteiger partial charge in [-0.25, -0.2) is 19.6 Å². The third kappa shape index (κ3) is 17.9. The van der Waals surface area contributed by atoms with Crippen molar-refractivity contribution in [1.29, 1.82) is 0 Å². The Balaban J connectivity index is 0.00000135. The Morgan fingerprint density at radius 1 is 0.794 bits per heavy atom. The molecule has 1 aromatic rings. The number of nitrogens with zero attached hydrogens (tertiary/aromatic N) is 2. The predicted octanol–water partition coefficient (Wildman–Crippen LogP) is 4.16. The van der Waals surface area contributed by atoms with Crippen LogP contribution in [0.1, 0.15) is 71.1 Å². The summed E-state index contributed by atoms with van der Waals surface area (Å²) < 4.78 is 8.92. The van der Waals surface area contributed by atoms with Gasteiger partial charge in [-0.1, -0.05) is 64.7 Å². The number of guanidine groups is 2. The SMILES string of the molecule is CCCCCCCCCCCCOc1ccc(N=C(N)N)cc1N=C(N)N.O=C(O)OC(=O)O. The lowest BCUT2D eigenvalue weighted by atomic mass is 10.1. The van der Waals surface area contributed by atoms with Gasteiger partial charge >= 0.3 is 12.3 Å². The van der Waals surface area contributed by atoms with Crippen LogP contribution in [0.15, 0.2) is 28.2 Å². The summed E-state index contributed by atoms with van der Waals surface area (Å²) in [6.07, 6.45) is 9.23. The van der Waals surface area contributed by atoms with Gasteiger partial charge in [0.15, 0.2) is 11.9 Å². The van der Waals surface area contributed by atoms with E-state index in [2.05, 4.69) is 21.6 Å². The molecule has 0 aromatic heterocycles.